The second-order valence-corrected chi connectivity index (χ2v) is 7.09. The van der Waals surface area contributed by atoms with Crippen molar-refractivity contribution in [2.24, 2.45) is 11.8 Å². The molecule has 25 heavy (non-hydrogen) atoms. The minimum absolute atomic E-state index is 0.135. The average Bonchev–Trinajstić information content (AvgIpc) is 3.06. The van der Waals surface area contributed by atoms with E-state index < -0.39 is 5.97 Å². The molecule has 0 spiro atoms. The van der Waals surface area contributed by atoms with Crippen LogP contribution >= 0.6 is 0 Å². The number of nitrogens with one attached hydrogen (secondary N) is 1. The van der Waals surface area contributed by atoms with E-state index in [9.17, 15) is 9.59 Å². The fourth-order valence-corrected chi connectivity index (χ4v) is 3.67. The van der Waals surface area contributed by atoms with Crippen LogP contribution in [0.5, 0.6) is 0 Å². The molecule has 8 heteroatoms. The van der Waals surface area contributed by atoms with E-state index in [2.05, 4.69) is 22.4 Å². The predicted octanol–water partition coefficient (Wildman–Crippen LogP) is 0.305. The van der Waals surface area contributed by atoms with Crippen molar-refractivity contribution in [1.29, 1.82) is 0 Å². The van der Waals surface area contributed by atoms with Gasteiger partial charge in [-0.1, -0.05) is 5.16 Å². The number of rotatable bonds is 5. The van der Waals surface area contributed by atoms with Crippen LogP contribution in [0.4, 0.5) is 0 Å². The van der Waals surface area contributed by atoms with Crippen LogP contribution in [0.15, 0.2) is 10.6 Å². The van der Waals surface area contributed by atoms with Gasteiger partial charge in [0.1, 0.15) is 0 Å². The highest BCUT2D eigenvalue weighted by molar-refractivity contribution is 5.84. The first-order valence-electron chi connectivity index (χ1n) is 8.89. The van der Waals surface area contributed by atoms with E-state index in [-0.39, 0.29) is 17.6 Å². The van der Waals surface area contributed by atoms with Gasteiger partial charge in [-0.2, -0.15) is 0 Å². The molecular formula is C17H26N4O4. The number of aromatic nitrogens is 1. The monoisotopic (exact) mass is 350 g/mol. The molecule has 2 saturated heterocycles. The molecule has 138 valence electrons. The van der Waals surface area contributed by atoms with Crippen LogP contribution in [0, 0.1) is 11.8 Å². The van der Waals surface area contributed by atoms with Crippen molar-refractivity contribution < 1.29 is 19.2 Å². The van der Waals surface area contributed by atoms with Crippen LogP contribution in [-0.4, -0.2) is 78.3 Å². The summed E-state index contributed by atoms with van der Waals surface area (Å²) in [7, 11) is 2.08. The van der Waals surface area contributed by atoms with Crippen molar-refractivity contribution in [3.63, 3.8) is 0 Å². The molecule has 8 nitrogen and oxygen atoms in total. The largest absolute Gasteiger partial charge is 0.475 e. The molecular weight excluding hydrogens is 324 g/mol. The number of nitrogens with zero attached hydrogens (tertiary/aromatic N) is 3. The molecule has 0 unspecified atom stereocenters. The molecule has 2 aliphatic heterocycles. The van der Waals surface area contributed by atoms with Gasteiger partial charge in [0.05, 0.1) is 5.69 Å². The molecule has 2 N–H and O–H groups in total. The first-order valence-corrected chi connectivity index (χ1v) is 8.89. The Morgan fingerprint density at radius 3 is 2.76 bits per heavy atom. The highest BCUT2D eigenvalue weighted by Crippen LogP contribution is 2.27. The molecule has 0 radical (unpaired) electrons. The zero-order valence-electron chi connectivity index (χ0n) is 14.6. The van der Waals surface area contributed by atoms with E-state index in [1.807, 2.05) is 4.90 Å². The standard InChI is InChI=1S/C17H26N4O4/c1-20-4-6-21(7-5-20)16(22)9-12-2-3-18-11-13(12)8-14-10-15(17(23)24)25-19-14/h10,12-13,18H,2-9,11H2,1H3,(H,23,24)/t12-,13-/m0/s1. The Kier molecular flexibility index (Phi) is 5.70. The van der Waals surface area contributed by atoms with E-state index in [1.54, 1.807) is 0 Å². The van der Waals surface area contributed by atoms with Crippen molar-refractivity contribution >= 4 is 11.9 Å². The molecule has 0 bridgehead atoms. The number of piperidine rings is 1. The fourth-order valence-electron chi connectivity index (χ4n) is 3.67. The lowest BCUT2D eigenvalue weighted by molar-refractivity contribution is -0.134. The predicted molar refractivity (Wildman–Crippen MR) is 90.3 cm³/mol. The van der Waals surface area contributed by atoms with Crippen molar-refractivity contribution in [3.05, 3.63) is 17.5 Å². The van der Waals surface area contributed by atoms with E-state index >= 15 is 0 Å². The Morgan fingerprint density at radius 1 is 1.32 bits per heavy atom. The topological polar surface area (TPSA) is 98.9 Å². The molecule has 3 rings (SSSR count). The number of hydrogen-bond acceptors (Lipinski definition) is 6. The van der Waals surface area contributed by atoms with Gasteiger partial charge in [0.25, 0.3) is 0 Å². The zero-order valence-corrected chi connectivity index (χ0v) is 14.6. The quantitative estimate of drug-likeness (QED) is 0.788. The van der Waals surface area contributed by atoms with Crippen LogP contribution < -0.4 is 5.32 Å². The third-order valence-electron chi connectivity index (χ3n) is 5.30. The third kappa shape index (κ3) is 4.58. The highest BCUT2D eigenvalue weighted by atomic mass is 16.5. The Labute approximate surface area is 147 Å². The summed E-state index contributed by atoms with van der Waals surface area (Å²) >= 11 is 0. The van der Waals surface area contributed by atoms with Crippen LogP contribution in [0.3, 0.4) is 0 Å². The van der Waals surface area contributed by atoms with Crippen molar-refractivity contribution in [2.45, 2.75) is 19.3 Å². The molecule has 1 amide bonds. The summed E-state index contributed by atoms with van der Waals surface area (Å²) in [6, 6.07) is 1.48. The number of amides is 1. The molecule has 1 aromatic rings. The lowest BCUT2D eigenvalue weighted by Gasteiger charge is -2.36. The third-order valence-corrected chi connectivity index (χ3v) is 5.30. The van der Waals surface area contributed by atoms with E-state index in [4.69, 9.17) is 9.63 Å². The summed E-state index contributed by atoms with van der Waals surface area (Å²) < 4.78 is 4.84. The Morgan fingerprint density at radius 2 is 2.08 bits per heavy atom. The number of carboxylic acid groups (broad SMARTS) is 1. The summed E-state index contributed by atoms with van der Waals surface area (Å²) in [5.41, 5.74) is 0.642. The normalized spacial score (nSPS) is 25.1. The van der Waals surface area contributed by atoms with E-state index in [1.165, 1.54) is 6.07 Å². The minimum atomic E-state index is -1.11. The second kappa shape index (κ2) is 7.97. The first kappa shape index (κ1) is 17.9. The summed E-state index contributed by atoms with van der Waals surface area (Å²) in [6.07, 6.45) is 2.14. The number of carbonyl (C=O) groups excluding carboxylic acids is 1. The van der Waals surface area contributed by atoms with Gasteiger partial charge >= 0.3 is 5.97 Å². The smallest absolute Gasteiger partial charge is 0.374 e. The maximum Gasteiger partial charge on any atom is 0.374 e. The van der Waals surface area contributed by atoms with E-state index in [0.717, 1.165) is 45.7 Å². The van der Waals surface area contributed by atoms with Crippen molar-refractivity contribution in [3.8, 4) is 0 Å². The molecule has 2 atom stereocenters. The van der Waals surface area contributed by atoms with Gasteiger partial charge in [-0.3, -0.25) is 4.79 Å². The van der Waals surface area contributed by atoms with E-state index in [0.29, 0.717) is 24.5 Å². The summed E-state index contributed by atoms with van der Waals surface area (Å²) in [5.74, 6) is -0.460. The number of aromatic carboxylic acids is 1. The molecule has 0 aromatic carbocycles. The maximum absolute atomic E-state index is 12.6. The number of piperazine rings is 1. The maximum atomic E-state index is 12.6. The first-order chi connectivity index (χ1) is 12.0. The zero-order chi connectivity index (χ0) is 17.8. The fraction of sp³-hybridized carbons (Fsp3) is 0.706. The van der Waals surface area contributed by atoms with Gasteiger partial charge in [-0.25, -0.2) is 4.79 Å². The lowest BCUT2D eigenvalue weighted by Crippen LogP contribution is -2.48. The van der Waals surface area contributed by atoms with Gasteiger partial charge in [-0.05, 0) is 44.8 Å². The molecule has 2 fully saturated rings. The van der Waals surface area contributed by atoms with Gasteiger partial charge in [0.2, 0.25) is 11.7 Å². The Hall–Kier alpha value is -1.93. The van der Waals surface area contributed by atoms with Crippen LogP contribution in [0.25, 0.3) is 0 Å². The second-order valence-electron chi connectivity index (χ2n) is 7.09. The van der Waals surface area contributed by atoms with Gasteiger partial charge in [0.15, 0.2) is 0 Å². The van der Waals surface area contributed by atoms with Gasteiger partial charge in [-0.15, -0.1) is 0 Å². The minimum Gasteiger partial charge on any atom is -0.475 e. The summed E-state index contributed by atoms with van der Waals surface area (Å²) in [6.45, 7) is 5.19. The lowest BCUT2D eigenvalue weighted by atomic mass is 9.81. The van der Waals surface area contributed by atoms with Crippen LogP contribution in [-0.2, 0) is 11.2 Å². The van der Waals surface area contributed by atoms with Crippen molar-refractivity contribution in [1.82, 2.24) is 20.3 Å². The summed E-state index contributed by atoms with van der Waals surface area (Å²) in [4.78, 5) is 27.8. The highest BCUT2D eigenvalue weighted by Gasteiger charge is 2.30. The Bertz CT molecular complexity index is 610. The number of carboxylic acids is 1. The molecule has 1 aromatic heterocycles. The molecule has 3 heterocycles. The Balaban J connectivity index is 1.58. The van der Waals surface area contributed by atoms with Gasteiger partial charge < -0.3 is 24.7 Å². The number of hydrogen-bond donors (Lipinski definition) is 2. The van der Waals surface area contributed by atoms with Gasteiger partial charge in [0, 0.05) is 38.7 Å². The molecule has 0 aliphatic carbocycles. The SMILES string of the molecule is CN1CCN(C(=O)C[C@@H]2CCNC[C@@H]2Cc2cc(C(=O)O)on2)CC1. The number of likely N-dealkylation sites (N-methyl/N-ethyl adjacent to an activating group) is 1. The number of carbonyl (C=O) groups is 2. The van der Waals surface area contributed by atoms with Crippen molar-refractivity contribution in [2.75, 3.05) is 46.3 Å². The van der Waals surface area contributed by atoms with Crippen LogP contribution in [0.1, 0.15) is 29.1 Å². The summed E-state index contributed by atoms with van der Waals surface area (Å²) in [5, 5.41) is 16.2. The average molecular weight is 350 g/mol. The van der Waals surface area contributed by atoms with Crippen LogP contribution in [0.2, 0.25) is 0 Å². The molecule has 2 aliphatic rings. The molecule has 0 saturated carbocycles.